The van der Waals surface area contributed by atoms with Crippen LogP contribution < -0.4 is 0 Å². The van der Waals surface area contributed by atoms with Crippen LogP contribution in [0.5, 0.6) is 0 Å². The lowest BCUT2D eigenvalue weighted by atomic mass is 9.91. The second kappa shape index (κ2) is 5.02. The smallest absolute Gasteiger partial charge is 0.274 e. The number of alkyl halides is 2. The van der Waals surface area contributed by atoms with Crippen molar-refractivity contribution in [1.82, 2.24) is 4.90 Å². The fourth-order valence-electron chi connectivity index (χ4n) is 2.52. The van der Waals surface area contributed by atoms with Gasteiger partial charge in [-0.15, -0.1) is 0 Å². The minimum atomic E-state index is -2.00. The van der Waals surface area contributed by atoms with Crippen LogP contribution in [-0.4, -0.2) is 15.4 Å². The first kappa shape index (κ1) is 13.3. The third kappa shape index (κ3) is 2.14. The number of halogens is 2. The number of hydrogen-bond donors (Lipinski definition) is 0. The standard InChI is InChI=1S/C16H13BrFNO/c17-16(18)14(13-9-5-2-6-10-13)19(15(16)20)11-12-7-3-1-4-8-12/h1-10,14H,11H2. The van der Waals surface area contributed by atoms with Gasteiger partial charge in [-0.2, -0.15) is 0 Å². The van der Waals surface area contributed by atoms with Crippen molar-refractivity contribution in [2.24, 2.45) is 0 Å². The maximum Gasteiger partial charge on any atom is 0.274 e. The van der Waals surface area contributed by atoms with E-state index >= 15 is 0 Å². The zero-order valence-electron chi connectivity index (χ0n) is 10.7. The molecular weight excluding hydrogens is 321 g/mol. The number of amides is 1. The Balaban J connectivity index is 1.88. The van der Waals surface area contributed by atoms with Crippen LogP contribution in [0.15, 0.2) is 60.7 Å². The Kier molecular flexibility index (Phi) is 3.34. The normalized spacial score (nSPS) is 25.4. The number of β-lactam (4-membered cyclic amide) rings is 1. The number of carbonyl (C=O) groups excluding carboxylic acids is 1. The van der Waals surface area contributed by atoms with Gasteiger partial charge in [-0.3, -0.25) is 4.79 Å². The van der Waals surface area contributed by atoms with Crippen molar-refractivity contribution >= 4 is 21.8 Å². The highest BCUT2D eigenvalue weighted by Crippen LogP contribution is 2.50. The quantitative estimate of drug-likeness (QED) is 0.617. The van der Waals surface area contributed by atoms with Gasteiger partial charge in [0.25, 0.3) is 10.5 Å². The third-order valence-corrected chi connectivity index (χ3v) is 4.29. The number of rotatable bonds is 3. The topological polar surface area (TPSA) is 20.3 Å². The number of carbonyl (C=O) groups is 1. The van der Waals surface area contributed by atoms with Crippen molar-refractivity contribution in [3.63, 3.8) is 0 Å². The lowest BCUT2D eigenvalue weighted by Crippen LogP contribution is -2.62. The first-order chi connectivity index (χ1) is 9.60. The van der Waals surface area contributed by atoms with E-state index in [0.29, 0.717) is 6.54 Å². The minimum Gasteiger partial charge on any atom is -0.323 e. The summed E-state index contributed by atoms with van der Waals surface area (Å²) in [6.07, 6.45) is 0. The maximum absolute atomic E-state index is 14.4. The maximum atomic E-state index is 14.4. The molecule has 0 N–H and O–H groups in total. The fraction of sp³-hybridized carbons (Fsp3) is 0.188. The van der Waals surface area contributed by atoms with E-state index in [4.69, 9.17) is 0 Å². The Hall–Kier alpha value is -1.68. The molecule has 2 aromatic carbocycles. The minimum absolute atomic E-state index is 0.413. The van der Waals surface area contributed by atoms with Gasteiger partial charge in [-0.1, -0.05) is 60.7 Å². The second-order valence-electron chi connectivity index (χ2n) is 4.85. The highest BCUT2D eigenvalue weighted by atomic mass is 79.9. The Bertz CT molecular complexity index is 615. The largest absolute Gasteiger partial charge is 0.323 e. The average Bonchev–Trinajstić information content (AvgIpc) is 2.48. The molecule has 4 heteroatoms. The highest BCUT2D eigenvalue weighted by molar-refractivity contribution is 9.10. The summed E-state index contributed by atoms with van der Waals surface area (Å²) in [5.74, 6) is -0.518. The molecule has 1 amide bonds. The molecule has 0 saturated carbocycles. The zero-order chi connectivity index (χ0) is 14.2. The molecule has 1 heterocycles. The summed E-state index contributed by atoms with van der Waals surface area (Å²) in [4.78, 5) is 13.5. The molecule has 102 valence electrons. The Morgan fingerprint density at radius 2 is 1.60 bits per heavy atom. The SMILES string of the molecule is O=C1N(Cc2ccccc2)C(c2ccccc2)C1(F)Br. The van der Waals surface area contributed by atoms with E-state index < -0.39 is 16.5 Å². The zero-order valence-corrected chi connectivity index (χ0v) is 12.3. The van der Waals surface area contributed by atoms with Gasteiger partial charge in [0, 0.05) is 6.54 Å². The molecule has 1 aliphatic rings. The molecular formula is C16H13BrFNO. The van der Waals surface area contributed by atoms with Gasteiger partial charge in [0.2, 0.25) is 0 Å². The summed E-state index contributed by atoms with van der Waals surface area (Å²) < 4.78 is 12.4. The molecule has 0 radical (unpaired) electrons. The van der Waals surface area contributed by atoms with E-state index in [1.54, 1.807) is 4.90 Å². The van der Waals surface area contributed by atoms with Crippen LogP contribution in [0.25, 0.3) is 0 Å². The van der Waals surface area contributed by atoms with Crippen molar-refractivity contribution < 1.29 is 9.18 Å². The molecule has 2 nitrogen and oxygen atoms in total. The van der Waals surface area contributed by atoms with Gasteiger partial charge in [-0.25, -0.2) is 4.39 Å². The van der Waals surface area contributed by atoms with Crippen molar-refractivity contribution in [1.29, 1.82) is 0 Å². The molecule has 0 aromatic heterocycles. The van der Waals surface area contributed by atoms with Gasteiger partial charge >= 0.3 is 0 Å². The molecule has 20 heavy (non-hydrogen) atoms. The van der Waals surface area contributed by atoms with Crippen LogP contribution in [-0.2, 0) is 11.3 Å². The van der Waals surface area contributed by atoms with Crippen molar-refractivity contribution in [3.8, 4) is 0 Å². The van der Waals surface area contributed by atoms with Crippen molar-refractivity contribution in [2.45, 2.75) is 17.2 Å². The van der Waals surface area contributed by atoms with Crippen molar-refractivity contribution in [3.05, 3.63) is 71.8 Å². The third-order valence-electron chi connectivity index (χ3n) is 3.51. The molecule has 2 atom stereocenters. The summed E-state index contributed by atoms with van der Waals surface area (Å²) in [6, 6.07) is 18.3. The van der Waals surface area contributed by atoms with E-state index in [2.05, 4.69) is 15.9 Å². The predicted molar refractivity (Wildman–Crippen MR) is 78.9 cm³/mol. The fourth-order valence-corrected chi connectivity index (χ4v) is 3.26. The van der Waals surface area contributed by atoms with Crippen LogP contribution in [0, 0.1) is 0 Å². The number of likely N-dealkylation sites (tertiary alicyclic amines) is 1. The van der Waals surface area contributed by atoms with E-state index in [1.807, 2.05) is 60.7 Å². The van der Waals surface area contributed by atoms with E-state index in [0.717, 1.165) is 11.1 Å². The number of hydrogen-bond acceptors (Lipinski definition) is 1. The Morgan fingerprint density at radius 1 is 1.05 bits per heavy atom. The van der Waals surface area contributed by atoms with Crippen LogP contribution in [0.3, 0.4) is 0 Å². The monoisotopic (exact) mass is 333 g/mol. The molecule has 2 unspecified atom stereocenters. The Morgan fingerprint density at radius 3 is 2.20 bits per heavy atom. The van der Waals surface area contributed by atoms with Crippen LogP contribution in [0.1, 0.15) is 17.2 Å². The van der Waals surface area contributed by atoms with Gasteiger partial charge in [0.05, 0.1) is 0 Å². The Labute approximate surface area is 125 Å². The molecule has 2 aromatic rings. The lowest BCUT2D eigenvalue weighted by Gasteiger charge is -2.48. The van der Waals surface area contributed by atoms with Crippen LogP contribution in [0.4, 0.5) is 4.39 Å². The van der Waals surface area contributed by atoms with Gasteiger partial charge in [-0.05, 0) is 27.1 Å². The summed E-state index contributed by atoms with van der Waals surface area (Å²) in [5, 5.41) is 0. The van der Waals surface area contributed by atoms with Gasteiger partial charge < -0.3 is 4.90 Å². The number of benzene rings is 2. The van der Waals surface area contributed by atoms with E-state index in [-0.39, 0.29) is 0 Å². The molecule has 1 fully saturated rings. The van der Waals surface area contributed by atoms with Gasteiger partial charge in [0.15, 0.2) is 0 Å². The van der Waals surface area contributed by atoms with Crippen LogP contribution in [0.2, 0.25) is 0 Å². The average molecular weight is 334 g/mol. The summed E-state index contributed by atoms with van der Waals surface area (Å²) in [5.41, 5.74) is 1.78. The summed E-state index contributed by atoms with van der Waals surface area (Å²) in [6.45, 7) is 0.413. The number of nitrogens with zero attached hydrogens (tertiary/aromatic N) is 1. The van der Waals surface area contributed by atoms with Crippen LogP contribution >= 0.6 is 15.9 Å². The molecule has 3 rings (SSSR count). The highest BCUT2D eigenvalue weighted by Gasteiger charge is 2.60. The van der Waals surface area contributed by atoms with Crippen molar-refractivity contribution in [2.75, 3.05) is 0 Å². The summed E-state index contributed by atoms with van der Waals surface area (Å²) in [7, 11) is 0. The first-order valence-corrected chi connectivity index (χ1v) is 7.18. The predicted octanol–water partition coefficient (Wildman–Crippen LogP) is 3.83. The summed E-state index contributed by atoms with van der Waals surface area (Å²) >= 11 is 2.93. The molecule has 0 spiro atoms. The first-order valence-electron chi connectivity index (χ1n) is 6.38. The molecule has 1 saturated heterocycles. The second-order valence-corrected chi connectivity index (χ2v) is 6.01. The molecule has 0 bridgehead atoms. The lowest BCUT2D eigenvalue weighted by molar-refractivity contribution is -0.164. The van der Waals surface area contributed by atoms with E-state index in [9.17, 15) is 9.18 Å². The molecule has 0 aliphatic carbocycles. The van der Waals surface area contributed by atoms with E-state index in [1.165, 1.54) is 0 Å². The van der Waals surface area contributed by atoms with Gasteiger partial charge in [0.1, 0.15) is 6.04 Å². The molecule has 1 aliphatic heterocycles.